The molecular weight excluding hydrogens is 198 g/mol. The molecule has 2 heteroatoms. The number of ether oxygens (including phenoxy) is 1. The zero-order chi connectivity index (χ0) is 11.5. The molecule has 2 rings (SSSR count). The fraction of sp³-hybridized carbons (Fsp3) is 0.571. The van der Waals surface area contributed by atoms with Crippen molar-refractivity contribution in [2.24, 2.45) is 0 Å². The molecule has 2 unspecified atom stereocenters. The van der Waals surface area contributed by atoms with E-state index < -0.39 is 0 Å². The third kappa shape index (κ3) is 2.83. The van der Waals surface area contributed by atoms with Gasteiger partial charge < -0.3 is 10.1 Å². The van der Waals surface area contributed by atoms with Crippen LogP contribution >= 0.6 is 0 Å². The highest BCUT2D eigenvalue weighted by atomic mass is 16.5. The summed E-state index contributed by atoms with van der Waals surface area (Å²) in [7, 11) is 0. The highest BCUT2D eigenvalue weighted by Gasteiger charge is 2.18. The van der Waals surface area contributed by atoms with Gasteiger partial charge in [0.1, 0.15) is 0 Å². The highest BCUT2D eigenvalue weighted by molar-refractivity contribution is 5.30. The third-order valence-electron chi connectivity index (χ3n) is 3.22. The number of aryl methyl sites for hydroxylation is 2. The van der Waals surface area contributed by atoms with E-state index >= 15 is 0 Å². The predicted molar refractivity (Wildman–Crippen MR) is 66.8 cm³/mol. The minimum atomic E-state index is 0.331. The molecule has 1 N–H and O–H groups in total. The maximum absolute atomic E-state index is 5.82. The molecule has 0 aliphatic carbocycles. The lowest BCUT2D eigenvalue weighted by Gasteiger charge is -2.28. The van der Waals surface area contributed by atoms with Gasteiger partial charge in [-0.1, -0.05) is 23.8 Å². The summed E-state index contributed by atoms with van der Waals surface area (Å²) in [5.74, 6) is 0. The lowest BCUT2D eigenvalue weighted by molar-refractivity contribution is 0.00874. The summed E-state index contributed by atoms with van der Waals surface area (Å²) in [6.07, 6.45) is 1.35. The third-order valence-corrected chi connectivity index (χ3v) is 3.22. The predicted octanol–water partition coefficient (Wildman–Crippen LogP) is 2.22. The second-order valence-corrected chi connectivity index (χ2v) is 4.90. The molecule has 0 saturated carbocycles. The van der Waals surface area contributed by atoms with E-state index in [2.05, 4.69) is 44.3 Å². The van der Waals surface area contributed by atoms with Crippen LogP contribution in [-0.2, 0) is 11.2 Å². The van der Waals surface area contributed by atoms with Gasteiger partial charge in [0, 0.05) is 19.0 Å². The van der Waals surface area contributed by atoms with Crippen molar-refractivity contribution in [1.82, 2.24) is 5.32 Å². The van der Waals surface area contributed by atoms with Gasteiger partial charge in [-0.15, -0.1) is 0 Å². The van der Waals surface area contributed by atoms with Crippen LogP contribution in [0.4, 0.5) is 0 Å². The van der Waals surface area contributed by atoms with Crippen LogP contribution in [-0.4, -0.2) is 25.3 Å². The van der Waals surface area contributed by atoms with Crippen LogP contribution in [0.15, 0.2) is 18.2 Å². The molecule has 0 radical (unpaired) electrons. The standard InChI is InChI=1S/C14H21NO/c1-10-4-5-13(11(2)6-10)7-14-8-15-12(3)9-16-14/h4-6,12,14-15H,7-9H2,1-3H3. The molecule has 88 valence electrons. The van der Waals surface area contributed by atoms with Gasteiger partial charge in [0.25, 0.3) is 0 Å². The highest BCUT2D eigenvalue weighted by Crippen LogP contribution is 2.15. The van der Waals surface area contributed by atoms with Crippen molar-refractivity contribution in [2.75, 3.05) is 13.2 Å². The summed E-state index contributed by atoms with van der Waals surface area (Å²) in [5.41, 5.74) is 4.12. The normalized spacial score (nSPS) is 25.7. The van der Waals surface area contributed by atoms with E-state index in [9.17, 15) is 0 Å². The van der Waals surface area contributed by atoms with Crippen LogP contribution in [0.3, 0.4) is 0 Å². The number of rotatable bonds is 2. The summed E-state index contributed by atoms with van der Waals surface area (Å²) in [6.45, 7) is 8.27. The monoisotopic (exact) mass is 219 g/mol. The Labute approximate surface area is 98.0 Å². The van der Waals surface area contributed by atoms with E-state index in [1.807, 2.05) is 0 Å². The number of hydrogen-bond donors (Lipinski definition) is 1. The van der Waals surface area contributed by atoms with Crippen LogP contribution < -0.4 is 5.32 Å². The summed E-state index contributed by atoms with van der Waals surface area (Å²) in [4.78, 5) is 0. The number of hydrogen-bond acceptors (Lipinski definition) is 2. The lowest BCUT2D eigenvalue weighted by Crippen LogP contribution is -2.45. The Kier molecular flexibility index (Phi) is 3.62. The van der Waals surface area contributed by atoms with Gasteiger partial charge in [0.15, 0.2) is 0 Å². The van der Waals surface area contributed by atoms with Crippen molar-refractivity contribution in [3.8, 4) is 0 Å². The average Bonchev–Trinajstić information content (AvgIpc) is 2.25. The van der Waals surface area contributed by atoms with Crippen LogP contribution in [0.2, 0.25) is 0 Å². The summed E-state index contributed by atoms with van der Waals surface area (Å²) in [5, 5.41) is 3.46. The molecule has 1 aliphatic heterocycles. The fourth-order valence-electron chi connectivity index (χ4n) is 2.18. The average molecular weight is 219 g/mol. The first kappa shape index (κ1) is 11.6. The zero-order valence-corrected chi connectivity index (χ0v) is 10.4. The van der Waals surface area contributed by atoms with E-state index in [0.717, 1.165) is 19.6 Å². The van der Waals surface area contributed by atoms with Crippen molar-refractivity contribution in [2.45, 2.75) is 39.3 Å². The Hall–Kier alpha value is -0.860. The first-order valence-electron chi connectivity index (χ1n) is 6.06. The molecule has 1 fully saturated rings. The first-order valence-corrected chi connectivity index (χ1v) is 6.06. The largest absolute Gasteiger partial charge is 0.375 e. The van der Waals surface area contributed by atoms with Gasteiger partial charge in [-0.05, 0) is 31.9 Å². The van der Waals surface area contributed by atoms with E-state index in [0.29, 0.717) is 12.1 Å². The van der Waals surface area contributed by atoms with Crippen molar-refractivity contribution >= 4 is 0 Å². The van der Waals surface area contributed by atoms with E-state index in [1.54, 1.807) is 0 Å². The molecule has 1 aromatic carbocycles. The minimum Gasteiger partial charge on any atom is -0.375 e. The number of benzene rings is 1. The van der Waals surface area contributed by atoms with Crippen LogP contribution in [0.5, 0.6) is 0 Å². The molecule has 0 aromatic heterocycles. The molecule has 1 heterocycles. The Balaban J connectivity index is 1.98. The van der Waals surface area contributed by atoms with Crippen molar-refractivity contribution in [3.05, 3.63) is 34.9 Å². The van der Waals surface area contributed by atoms with Gasteiger partial charge >= 0.3 is 0 Å². The maximum atomic E-state index is 5.82. The Morgan fingerprint density at radius 1 is 1.38 bits per heavy atom. The second-order valence-electron chi connectivity index (χ2n) is 4.90. The van der Waals surface area contributed by atoms with Crippen LogP contribution in [0.25, 0.3) is 0 Å². The molecule has 1 aromatic rings. The Bertz CT molecular complexity index is 354. The molecule has 0 bridgehead atoms. The molecule has 2 atom stereocenters. The van der Waals surface area contributed by atoms with Gasteiger partial charge in [-0.25, -0.2) is 0 Å². The second kappa shape index (κ2) is 4.98. The van der Waals surface area contributed by atoms with Crippen LogP contribution in [0, 0.1) is 13.8 Å². The molecule has 0 spiro atoms. The molecule has 1 aliphatic rings. The first-order chi connectivity index (χ1) is 7.65. The molecule has 1 saturated heterocycles. The van der Waals surface area contributed by atoms with Gasteiger partial charge in [-0.3, -0.25) is 0 Å². The quantitative estimate of drug-likeness (QED) is 0.823. The number of nitrogens with one attached hydrogen (secondary N) is 1. The smallest absolute Gasteiger partial charge is 0.0740 e. The summed E-state index contributed by atoms with van der Waals surface area (Å²) in [6, 6.07) is 7.15. The van der Waals surface area contributed by atoms with Crippen molar-refractivity contribution in [3.63, 3.8) is 0 Å². The minimum absolute atomic E-state index is 0.331. The SMILES string of the molecule is Cc1ccc(CC2CNC(C)CO2)c(C)c1. The Morgan fingerprint density at radius 3 is 2.81 bits per heavy atom. The fourth-order valence-corrected chi connectivity index (χ4v) is 2.18. The van der Waals surface area contributed by atoms with Crippen molar-refractivity contribution < 1.29 is 4.74 Å². The topological polar surface area (TPSA) is 21.3 Å². The Morgan fingerprint density at radius 2 is 2.19 bits per heavy atom. The van der Waals surface area contributed by atoms with Gasteiger partial charge in [-0.2, -0.15) is 0 Å². The van der Waals surface area contributed by atoms with E-state index in [4.69, 9.17) is 4.74 Å². The summed E-state index contributed by atoms with van der Waals surface area (Å²) < 4.78 is 5.82. The van der Waals surface area contributed by atoms with Crippen LogP contribution in [0.1, 0.15) is 23.6 Å². The van der Waals surface area contributed by atoms with E-state index in [-0.39, 0.29) is 0 Å². The van der Waals surface area contributed by atoms with Gasteiger partial charge in [0.05, 0.1) is 12.7 Å². The lowest BCUT2D eigenvalue weighted by atomic mass is 10.00. The number of morpholine rings is 1. The maximum Gasteiger partial charge on any atom is 0.0740 e. The van der Waals surface area contributed by atoms with Crippen molar-refractivity contribution in [1.29, 1.82) is 0 Å². The van der Waals surface area contributed by atoms with Gasteiger partial charge in [0.2, 0.25) is 0 Å². The molecule has 2 nitrogen and oxygen atoms in total. The summed E-state index contributed by atoms with van der Waals surface area (Å²) >= 11 is 0. The molecule has 16 heavy (non-hydrogen) atoms. The van der Waals surface area contributed by atoms with E-state index in [1.165, 1.54) is 16.7 Å². The molecular formula is C14H21NO. The zero-order valence-electron chi connectivity index (χ0n) is 10.4. The molecule has 0 amide bonds.